The second-order valence-corrected chi connectivity index (χ2v) is 9.91. The van der Waals surface area contributed by atoms with E-state index in [2.05, 4.69) is 75.8 Å². The molecule has 0 unspecified atom stereocenters. The summed E-state index contributed by atoms with van der Waals surface area (Å²) in [4.78, 5) is 8.24. The third-order valence-electron chi connectivity index (χ3n) is 6.27. The quantitative estimate of drug-likeness (QED) is 0.206. The Kier molecular flexibility index (Phi) is 9.42. The molecule has 0 spiro atoms. The van der Waals surface area contributed by atoms with E-state index in [9.17, 15) is 0 Å². The van der Waals surface area contributed by atoms with Gasteiger partial charge in [-0.15, -0.1) is 11.8 Å². The lowest BCUT2D eigenvalue weighted by atomic mass is 9.96. The maximum absolute atomic E-state index is 5.83. The van der Waals surface area contributed by atoms with Crippen molar-refractivity contribution in [2.75, 3.05) is 31.3 Å². The number of benzene rings is 2. The topological polar surface area (TPSA) is 42.3 Å². The summed E-state index contributed by atoms with van der Waals surface area (Å²) < 4.78 is 8.16. The lowest BCUT2D eigenvalue weighted by Gasteiger charge is -2.33. The molecule has 0 saturated carbocycles. The normalized spacial score (nSPS) is 14.3. The van der Waals surface area contributed by atoms with Crippen LogP contribution in [0.1, 0.15) is 43.0 Å². The fraction of sp³-hybridized carbons (Fsp3) is 0.407. The number of rotatable bonds is 10. The molecule has 3 aromatic rings. The van der Waals surface area contributed by atoms with Gasteiger partial charge >= 0.3 is 0 Å². The zero-order valence-electron chi connectivity index (χ0n) is 19.9. The number of ether oxygens (including phenoxy) is 1. The summed E-state index contributed by atoms with van der Waals surface area (Å²) >= 11 is 7.44. The van der Waals surface area contributed by atoms with Crippen LogP contribution in [0.4, 0.5) is 5.69 Å². The van der Waals surface area contributed by atoms with Crippen LogP contribution in [0.15, 0.2) is 71.9 Å². The summed E-state index contributed by atoms with van der Waals surface area (Å²) in [6, 6.07) is 18.8. The number of thiocarbonyl (C=S) groups is 1. The Morgan fingerprint density at radius 3 is 2.74 bits per heavy atom. The molecule has 0 bridgehead atoms. The van der Waals surface area contributed by atoms with E-state index in [0.717, 1.165) is 62.7 Å². The maximum Gasteiger partial charge on any atom is 0.173 e. The van der Waals surface area contributed by atoms with E-state index in [1.807, 2.05) is 12.3 Å². The molecule has 7 heteroatoms. The SMILES string of the molecule is CSc1cccc(NC(=S)N2CCC(c3nccn3CCCCOCc3ccccc3)CC2)c1. The number of unbranched alkanes of at least 4 members (excludes halogenated alkanes) is 1. The van der Waals surface area contributed by atoms with Crippen LogP contribution in [-0.2, 0) is 17.9 Å². The highest BCUT2D eigenvalue weighted by Gasteiger charge is 2.25. The number of thioether (sulfide) groups is 1. The maximum atomic E-state index is 5.83. The highest BCUT2D eigenvalue weighted by atomic mass is 32.2. The van der Waals surface area contributed by atoms with Crippen molar-refractivity contribution in [2.45, 2.75) is 49.6 Å². The van der Waals surface area contributed by atoms with Gasteiger partial charge in [0.25, 0.3) is 0 Å². The van der Waals surface area contributed by atoms with Crippen LogP contribution >= 0.6 is 24.0 Å². The number of likely N-dealkylation sites (tertiary alicyclic amines) is 1. The van der Waals surface area contributed by atoms with Gasteiger partial charge in [0.05, 0.1) is 6.61 Å². The summed E-state index contributed by atoms with van der Waals surface area (Å²) in [5.41, 5.74) is 2.29. The average molecular weight is 495 g/mol. The van der Waals surface area contributed by atoms with Crippen molar-refractivity contribution in [1.29, 1.82) is 0 Å². The van der Waals surface area contributed by atoms with E-state index >= 15 is 0 Å². The largest absolute Gasteiger partial charge is 0.377 e. The first kappa shape index (κ1) is 24.8. The van der Waals surface area contributed by atoms with E-state index in [-0.39, 0.29) is 0 Å². The third kappa shape index (κ3) is 7.08. The molecular formula is C27H34N4OS2. The van der Waals surface area contributed by atoms with Gasteiger partial charge in [-0.05, 0) is 67.9 Å². The molecule has 0 amide bonds. The first-order valence-electron chi connectivity index (χ1n) is 12.1. The predicted molar refractivity (Wildman–Crippen MR) is 146 cm³/mol. The van der Waals surface area contributed by atoms with Crippen molar-refractivity contribution in [2.24, 2.45) is 0 Å². The molecule has 4 rings (SSSR count). The molecule has 0 atom stereocenters. The lowest BCUT2D eigenvalue weighted by molar-refractivity contribution is 0.116. The number of piperidine rings is 1. The van der Waals surface area contributed by atoms with Crippen molar-refractivity contribution in [3.63, 3.8) is 0 Å². The Morgan fingerprint density at radius 1 is 1.12 bits per heavy atom. The van der Waals surface area contributed by atoms with Gasteiger partial charge in [-0.3, -0.25) is 0 Å². The van der Waals surface area contributed by atoms with E-state index < -0.39 is 0 Å². The summed E-state index contributed by atoms with van der Waals surface area (Å²) in [6.07, 6.45) is 10.5. The second kappa shape index (κ2) is 12.9. The zero-order chi connectivity index (χ0) is 23.6. The molecule has 1 aromatic heterocycles. The van der Waals surface area contributed by atoms with Crippen molar-refractivity contribution >= 4 is 34.8 Å². The molecule has 34 heavy (non-hydrogen) atoms. The van der Waals surface area contributed by atoms with Crippen LogP contribution in [0.3, 0.4) is 0 Å². The van der Waals surface area contributed by atoms with E-state index in [4.69, 9.17) is 21.9 Å². The Balaban J connectivity index is 1.18. The van der Waals surface area contributed by atoms with Crippen LogP contribution < -0.4 is 5.32 Å². The minimum Gasteiger partial charge on any atom is -0.377 e. The van der Waals surface area contributed by atoms with Gasteiger partial charge in [-0.1, -0.05) is 36.4 Å². The van der Waals surface area contributed by atoms with Crippen LogP contribution in [0, 0.1) is 0 Å². The number of aryl methyl sites for hydroxylation is 1. The molecule has 2 heterocycles. The molecule has 0 aliphatic carbocycles. The molecule has 1 aliphatic rings. The first-order valence-corrected chi connectivity index (χ1v) is 13.7. The van der Waals surface area contributed by atoms with Gasteiger partial charge in [0.1, 0.15) is 5.82 Å². The number of nitrogens with zero attached hydrogens (tertiary/aromatic N) is 3. The van der Waals surface area contributed by atoms with Gasteiger partial charge in [0.2, 0.25) is 0 Å². The summed E-state index contributed by atoms with van der Waals surface area (Å²) in [7, 11) is 0. The Hall–Kier alpha value is -2.35. The van der Waals surface area contributed by atoms with Crippen LogP contribution in [0.25, 0.3) is 0 Å². The number of hydrogen-bond acceptors (Lipinski definition) is 4. The van der Waals surface area contributed by atoms with Crippen molar-refractivity contribution < 1.29 is 4.74 Å². The average Bonchev–Trinajstić information content (AvgIpc) is 3.35. The molecular weight excluding hydrogens is 460 g/mol. The number of hydrogen-bond donors (Lipinski definition) is 1. The number of imidazole rings is 1. The standard InChI is InChI=1S/C27H34N4OS2/c1-34-25-11-7-10-24(20-25)29-27(33)31-16-12-23(13-17-31)26-28-14-18-30(26)15-5-6-19-32-21-22-8-3-2-4-9-22/h2-4,7-11,14,18,20,23H,5-6,12-13,15-17,19,21H2,1H3,(H,29,33). The fourth-order valence-electron chi connectivity index (χ4n) is 4.36. The first-order chi connectivity index (χ1) is 16.7. The molecule has 1 fully saturated rings. The zero-order valence-corrected chi connectivity index (χ0v) is 21.5. The van der Waals surface area contributed by atoms with Gasteiger partial charge < -0.3 is 19.5 Å². The van der Waals surface area contributed by atoms with Crippen molar-refractivity contribution in [1.82, 2.24) is 14.5 Å². The Labute approximate surface area is 212 Å². The van der Waals surface area contributed by atoms with Gasteiger partial charge in [-0.25, -0.2) is 4.98 Å². The molecule has 1 aliphatic heterocycles. The number of nitrogens with one attached hydrogen (secondary N) is 1. The molecule has 1 saturated heterocycles. The van der Waals surface area contributed by atoms with E-state index in [0.29, 0.717) is 12.5 Å². The van der Waals surface area contributed by atoms with Gasteiger partial charge in [0.15, 0.2) is 5.11 Å². The second-order valence-electron chi connectivity index (χ2n) is 8.65. The summed E-state index contributed by atoms with van der Waals surface area (Å²) in [5.74, 6) is 1.71. The third-order valence-corrected chi connectivity index (χ3v) is 7.35. The van der Waals surface area contributed by atoms with E-state index in [1.54, 1.807) is 11.8 Å². The summed E-state index contributed by atoms with van der Waals surface area (Å²) in [6.45, 7) is 4.39. The predicted octanol–water partition coefficient (Wildman–Crippen LogP) is 6.18. The molecule has 5 nitrogen and oxygen atoms in total. The number of anilines is 1. The molecule has 0 radical (unpaired) electrons. The van der Waals surface area contributed by atoms with Crippen molar-refractivity contribution in [3.05, 3.63) is 78.4 Å². The summed E-state index contributed by atoms with van der Waals surface area (Å²) in [5, 5.41) is 4.23. The Bertz CT molecular complexity index is 1030. The van der Waals surface area contributed by atoms with Crippen molar-refractivity contribution in [3.8, 4) is 0 Å². The van der Waals surface area contributed by atoms with Crippen LogP contribution in [0.2, 0.25) is 0 Å². The molecule has 2 aromatic carbocycles. The smallest absolute Gasteiger partial charge is 0.173 e. The van der Waals surface area contributed by atoms with Crippen LogP contribution in [-0.4, -0.2) is 45.5 Å². The van der Waals surface area contributed by atoms with Gasteiger partial charge in [0, 0.05) is 55.1 Å². The van der Waals surface area contributed by atoms with Gasteiger partial charge in [-0.2, -0.15) is 0 Å². The molecule has 180 valence electrons. The number of aromatic nitrogens is 2. The highest BCUT2D eigenvalue weighted by Crippen LogP contribution is 2.28. The highest BCUT2D eigenvalue weighted by molar-refractivity contribution is 7.98. The van der Waals surface area contributed by atoms with E-state index in [1.165, 1.54) is 16.3 Å². The monoisotopic (exact) mass is 494 g/mol. The fourth-order valence-corrected chi connectivity index (χ4v) is 5.12. The molecule has 1 N–H and O–H groups in total. The lowest BCUT2D eigenvalue weighted by Crippen LogP contribution is -2.40. The minimum atomic E-state index is 0.489. The Morgan fingerprint density at radius 2 is 1.94 bits per heavy atom. The van der Waals surface area contributed by atoms with Crippen LogP contribution in [0.5, 0.6) is 0 Å². The minimum absolute atomic E-state index is 0.489.